The highest BCUT2D eigenvalue weighted by Crippen LogP contribution is 2.29. The van der Waals surface area contributed by atoms with Crippen LogP contribution in [0.3, 0.4) is 0 Å². The number of carbonyl (C=O) groups is 3. The maximum atomic E-state index is 13.4. The van der Waals surface area contributed by atoms with Gasteiger partial charge in [0, 0.05) is 12.8 Å². The number of rotatable bonds is 7. The number of benzene rings is 2. The van der Waals surface area contributed by atoms with Crippen LogP contribution in [-0.4, -0.2) is 52.4 Å². The molecule has 0 bridgehead atoms. The number of para-hydroxylation sites is 1. The van der Waals surface area contributed by atoms with Gasteiger partial charge >= 0.3 is 6.09 Å². The third-order valence-electron chi connectivity index (χ3n) is 4.81. The number of phenolic OH excluding ortho intramolecular Hbond substituents is 1. The third kappa shape index (κ3) is 7.30. The molecule has 0 radical (unpaired) electrons. The fourth-order valence-electron chi connectivity index (χ4n) is 3.24. The molecule has 0 aliphatic heterocycles. The monoisotopic (exact) mass is 507 g/mol. The van der Waals surface area contributed by atoms with Crippen LogP contribution in [0.25, 0.3) is 0 Å². The smallest absolute Gasteiger partial charge is 0.408 e. The fourth-order valence-corrected chi connectivity index (χ4v) is 3.75. The van der Waals surface area contributed by atoms with Crippen molar-refractivity contribution in [2.24, 2.45) is 0 Å². The lowest BCUT2D eigenvalue weighted by Gasteiger charge is -2.31. The normalized spacial score (nSPS) is 12.9. The molecule has 3 N–H and O–H groups in total. The zero-order valence-electron chi connectivity index (χ0n) is 19.8. The second kappa shape index (κ2) is 11.5. The molecular formula is C24H30ClN3O5S. The number of halogens is 1. The van der Waals surface area contributed by atoms with E-state index >= 15 is 0 Å². The van der Waals surface area contributed by atoms with Crippen molar-refractivity contribution in [1.82, 2.24) is 10.2 Å². The van der Waals surface area contributed by atoms with Gasteiger partial charge in [-0.25, -0.2) is 4.79 Å². The molecule has 2 aromatic rings. The van der Waals surface area contributed by atoms with Crippen molar-refractivity contribution < 1.29 is 24.2 Å². The SMILES string of the molecule is Cc1cccc(Cl)c1NC(=O)C(c1cccc(O)c1)N(C)C(=O)C(CS)NC(=O)OC(C)(C)C. The van der Waals surface area contributed by atoms with Crippen LogP contribution in [0.1, 0.15) is 37.9 Å². The average Bonchev–Trinajstić information content (AvgIpc) is 2.73. The van der Waals surface area contributed by atoms with Crippen molar-refractivity contribution in [3.63, 3.8) is 0 Å². The number of thiol groups is 1. The number of aryl methyl sites for hydroxylation is 1. The van der Waals surface area contributed by atoms with Gasteiger partial charge in [0.15, 0.2) is 0 Å². The van der Waals surface area contributed by atoms with E-state index in [-0.39, 0.29) is 11.5 Å². The number of ether oxygens (including phenoxy) is 1. The second-order valence-corrected chi connectivity index (χ2v) is 9.52. The number of likely N-dealkylation sites (N-methyl/N-ethyl adjacent to an activating group) is 1. The summed E-state index contributed by atoms with van der Waals surface area (Å²) >= 11 is 10.5. The van der Waals surface area contributed by atoms with E-state index < -0.39 is 35.6 Å². The van der Waals surface area contributed by atoms with Crippen LogP contribution in [0.2, 0.25) is 5.02 Å². The Morgan fingerprint density at radius 2 is 1.82 bits per heavy atom. The van der Waals surface area contributed by atoms with Crippen LogP contribution in [0.4, 0.5) is 10.5 Å². The number of nitrogens with one attached hydrogen (secondary N) is 2. The van der Waals surface area contributed by atoms with E-state index in [4.69, 9.17) is 16.3 Å². The molecule has 0 heterocycles. The summed E-state index contributed by atoms with van der Waals surface area (Å²) in [7, 11) is 1.43. The maximum absolute atomic E-state index is 13.4. The Balaban J connectivity index is 2.37. The number of carbonyl (C=O) groups excluding carboxylic acids is 3. The van der Waals surface area contributed by atoms with Crippen molar-refractivity contribution in [2.75, 3.05) is 18.1 Å². The number of hydrogen-bond donors (Lipinski definition) is 4. The van der Waals surface area contributed by atoms with E-state index in [9.17, 15) is 19.5 Å². The molecule has 0 aromatic heterocycles. The zero-order chi connectivity index (χ0) is 25.6. The van der Waals surface area contributed by atoms with Gasteiger partial charge in [0.25, 0.3) is 5.91 Å². The van der Waals surface area contributed by atoms with Gasteiger partial charge in [-0.3, -0.25) is 9.59 Å². The van der Waals surface area contributed by atoms with Crippen LogP contribution < -0.4 is 10.6 Å². The summed E-state index contributed by atoms with van der Waals surface area (Å²) in [6.45, 7) is 6.90. The summed E-state index contributed by atoms with van der Waals surface area (Å²) < 4.78 is 5.23. The molecule has 0 saturated heterocycles. The first kappa shape index (κ1) is 27.3. The predicted octanol–water partition coefficient (Wildman–Crippen LogP) is 4.32. The fraction of sp³-hybridized carbons (Fsp3) is 0.375. The van der Waals surface area contributed by atoms with Crippen molar-refractivity contribution in [2.45, 2.75) is 45.4 Å². The lowest BCUT2D eigenvalue weighted by Crippen LogP contribution is -2.52. The summed E-state index contributed by atoms with van der Waals surface area (Å²) in [5, 5.41) is 15.6. The summed E-state index contributed by atoms with van der Waals surface area (Å²) in [6.07, 6.45) is -0.779. The lowest BCUT2D eigenvalue weighted by molar-refractivity contribution is -0.138. The number of amides is 3. The second-order valence-electron chi connectivity index (χ2n) is 8.75. The predicted molar refractivity (Wildman–Crippen MR) is 135 cm³/mol. The molecular weight excluding hydrogens is 478 g/mol. The molecule has 0 aliphatic rings. The number of aromatic hydroxyl groups is 1. The Hall–Kier alpha value is -2.91. The van der Waals surface area contributed by atoms with E-state index in [1.54, 1.807) is 58.0 Å². The van der Waals surface area contributed by atoms with Gasteiger partial charge in [-0.1, -0.05) is 35.9 Å². The molecule has 3 amide bonds. The highest BCUT2D eigenvalue weighted by molar-refractivity contribution is 7.80. The van der Waals surface area contributed by atoms with E-state index in [0.717, 1.165) is 5.56 Å². The van der Waals surface area contributed by atoms with E-state index in [1.807, 2.05) is 0 Å². The Bertz CT molecular complexity index is 1040. The number of nitrogens with zero attached hydrogens (tertiary/aromatic N) is 1. The molecule has 10 heteroatoms. The highest BCUT2D eigenvalue weighted by Gasteiger charge is 2.34. The van der Waals surface area contributed by atoms with Gasteiger partial charge in [-0.2, -0.15) is 12.6 Å². The first-order chi connectivity index (χ1) is 15.8. The van der Waals surface area contributed by atoms with Crippen LogP contribution in [-0.2, 0) is 14.3 Å². The van der Waals surface area contributed by atoms with Gasteiger partial charge in [-0.15, -0.1) is 0 Å². The third-order valence-corrected chi connectivity index (χ3v) is 5.49. The molecule has 184 valence electrons. The minimum Gasteiger partial charge on any atom is -0.508 e. The molecule has 8 nitrogen and oxygen atoms in total. The Morgan fingerprint density at radius 3 is 2.38 bits per heavy atom. The summed E-state index contributed by atoms with van der Waals surface area (Å²) in [4.78, 5) is 40.1. The largest absolute Gasteiger partial charge is 0.508 e. The van der Waals surface area contributed by atoms with Crippen molar-refractivity contribution in [1.29, 1.82) is 0 Å². The number of alkyl carbamates (subject to hydrolysis) is 1. The van der Waals surface area contributed by atoms with E-state index in [0.29, 0.717) is 16.3 Å². The van der Waals surface area contributed by atoms with Gasteiger partial charge in [0.1, 0.15) is 23.4 Å². The number of anilines is 1. The van der Waals surface area contributed by atoms with Gasteiger partial charge in [0.05, 0.1) is 10.7 Å². The van der Waals surface area contributed by atoms with E-state index in [2.05, 4.69) is 23.3 Å². The molecule has 2 unspecified atom stereocenters. The lowest BCUT2D eigenvalue weighted by atomic mass is 10.0. The molecule has 0 aliphatic carbocycles. The number of hydrogen-bond acceptors (Lipinski definition) is 6. The van der Waals surface area contributed by atoms with Crippen LogP contribution in [0.15, 0.2) is 42.5 Å². The summed E-state index contributed by atoms with van der Waals surface area (Å²) in [5.74, 6) is -1.21. The standard InChI is InChI=1S/C24H30ClN3O5S/c1-14-8-6-11-17(25)19(14)27-21(30)20(15-9-7-10-16(29)12-15)28(5)22(31)18(13-34)26-23(32)33-24(2,3)4/h6-12,18,20,29,34H,13H2,1-5H3,(H,26,32)(H,27,30). The summed E-state index contributed by atoms with van der Waals surface area (Å²) in [6, 6.07) is 9.03. The van der Waals surface area contributed by atoms with Gasteiger partial charge < -0.3 is 25.4 Å². The van der Waals surface area contributed by atoms with Gasteiger partial charge in [-0.05, 0) is 57.0 Å². The molecule has 2 rings (SSSR count). The Labute approximate surface area is 210 Å². The van der Waals surface area contributed by atoms with Crippen LogP contribution >= 0.6 is 24.2 Å². The van der Waals surface area contributed by atoms with Gasteiger partial charge in [0.2, 0.25) is 5.91 Å². The topological polar surface area (TPSA) is 108 Å². The Kier molecular flexibility index (Phi) is 9.23. The molecule has 2 atom stereocenters. The van der Waals surface area contributed by atoms with E-state index in [1.165, 1.54) is 24.1 Å². The van der Waals surface area contributed by atoms with Crippen LogP contribution in [0.5, 0.6) is 5.75 Å². The number of phenols is 1. The first-order valence-corrected chi connectivity index (χ1v) is 11.6. The minimum absolute atomic E-state index is 0.0274. The van der Waals surface area contributed by atoms with Crippen LogP contribution in [0, 0.1) is 6.92 Å². The maximum Gasteiger partial charge on any atom is 0.408 e. The minimum atomic E-state index is -1.14. The average molecular weight is 508 g/mol. The quantitative estimate of drug-likeness (QED) is 0.417. The first-order valence-electron chi connectivity index (χ1n) is 10.6. The Morgan fingerprint density at radius 1 is 1.18 bits per heavy atom. The van der Waals surface area contributed by atoms with Crippen molar-refractivity contribution in [3.05, 3.63) is 58.6 Å². The summed E-state index contributed by atoms with van der Waals surface area (Å²) in [5.41, 5.74) is 0.770. The van der Waals surface area contributed by atoms with Crippen molar-refractivity contribution in [3.8, 4) is 5.75 Å². The molecule has 0 saturated carbocycles. The highest BCUT2D eigenvalue weighted by atomic mass is 35.5. The molecule has 34 heavy (non-hydrogen) atoms. The zero-order valence-corrected chi connectivity index (χ0v) is 21.4. The molecule has 0 fully saturated rings. The molecule has 0 spiro atoms. The molecule has 2 aromatic carbocycles. The van der Waals surface area contributed by atoms with Crippen molar-refractivity contribution >= 4 is 47.8 Å².